The first-order chi connectivity index (χ1) is 5.58. The zero-order valence-electron chi connectivity index (χ0n) is 6.43. The van der Waals surface area contributed by atoms with E-state index in [4.69, 9.17) is 11.6 Å². The summed E-state index contributed by atoms with van der Waals surface area (Å²) in [5.74, 6) is 0. The van der Waals surface area contributed by atoms with Crippen molar-refractivity contribution >= 4 is 11.6 Å². The average molecular weight is 191 g/mol. The molecule has 0 unspecified atom stereocenters. The summed E-state index contributed by atoms with van der Waals surface area (Å²) in [6, 6.07) is 9.11. The van der Waals surface area contributed by atoms with Crippen molar-refractivity contribution in [2.75, 3.05) is 0 Å². The molecule has 3 heteroatoms. The Morgan fingerprint density at radius 3 is 2.25 bits per heavy atom. The Morgan fingerprint density at radius 2 is 1.75 bits per heavy atom. The van der Waals surface area contributed by atoms with E-state index in [1.54, 1.807) is 0 Å². The maximum absolute atomic E-state index is 12.2. The van der Waals surface area contributed by atoms with Crippen LogP contribution in [0.4, 0.5) is 8.78 Å². The van der Waals surface area contributed by atoms with Crippen LogP contribution < -0.4 is 0 Å². The maximum Gasteiger partial charge on any atom is 0.322 e. The Labute approximate surface area is 75.2 Å². The van der Waals surface area contributed by atoms with Crippen molar-refractivity contribution in [1.29, 1.82) is 0 Å². The molecule has 0 saturated carbocycles. The summed E-state index contributed by atoms with van der Waals surface area (Å²) in [6.45, 7) is 0. The minimum Gasteiger partial charge on any atom is -0.188 e. The van der Waals surface area contributed by atoms with Gasteiger partial charge in [-0.05, 0) is 23.6 Å². The lowest BCUT2D eigenvalue weighted by atomic mass is 10.1. The van der Waals surface area contributed by atoms with E-state index >= 15 is 0 Å². The van der Waals surface area contributed by atoms with Crippen molar-refractivity contribution in [2.45, 2.75) is 18.2 Å². The molecule has 1 aromatic carbocycles. The van der Waals surface area contributed by atoms with E-state index in [0.717, 1.165) is 5.56 Å². The van der Waals surface area contributed by atoms with Gasteiger partial charge in [0.05, 0.1) is 0 Å². The third kappa shape index (κ3) is 3.67. The molecule has 0 heterocycles. The van der Waals surface area contributed by atoms with Crippen LogP contribution in [-0.2, 0) is 6.42 Å². The van der Waals surface area contributed by atoms with Gasteiger partial charge in [0, 0.05) is 6.42 Å². The molecule has 1 rings (SSSR count). The number of aryl methyl sites for hydroxylation is 1. The van der Waals surface area contributed by atoms with Crippen LogP contribution >= 0.6 is 11.6 Å². The topological polar surface area (TPSA) is 0 Å². The van der Waals surface area contributed by atoms with Crippen LogP contribution in [0.5, 0.6) is 0 Å². The molecule has 0 spiro atoms. The average Bonchev–Trinajstić information content (AvgIpc) is 2.02. The van der Waals surface area contributed by atoms with Gasteiger partial charge in [0.25, 0.3) is 0 Å². The first-order valence-corrected chi connectivity index (χ1v) is 4.06. The second-order valence-corrected chi connectivity index (χ2v) is 3.15. The minimum atomic E-state index is -3.07. The maximum atomic E-state index is 12.2. The largest absolute Gasteiger partial charge is 0.322 e. The Hall–Kier alpha value is -0.630. The first kappa shape index (κ1) is 9.46. The molecule has 0 N–H and O–H groups in total. The number of benzene rings is 1. The number of alkyl halides is 3. The second kappa shape index (κ2) is 3.85. The predicted octanol–water partition coefficient (Wildman–Crippen LogP) is 3.45. The van der Waals surface area contributed by atoms with Crippen LogP contribution in [0.1, 0.15) is 12.0 Å². The summed E-state index contributed by atoms with van der Waals surface area (Å²) in [7, 11) is 0. The van der Waals surface area contributed by atoms with E-state index in [1.165, 1.54) is 0 Å². The molecule has 0 saturated heterocycles. The van der Waals surface area contributed by atoms with Crippen LogP contribution in [0.25, 0.3) is 0 Å². The van der Waals surface area contributed by atoms with Crippen molar-refractivity contribution in [3.05, 3.63) is 35.9 Å². The molecule has 0 nitrogen and oxygen atoms in total. The smallest absolute Gasteiger partial charge is 0.188 e. The summed E-state index contributed by atoms with van der Waals surface area (Å²) in [5, 5.41) is -3.07. The van der Waals surface area contributed by atoms with Gasteiger partial charge in [-0.15, -0.1) is 0 Å². The number of hydrogen-bond donors (Lipinski definition) is 0. The number of halogens is 3. The highest BCUT2D eigenvalue weighted by Crippen LogP contribution is 2.24. The fourth-order valence-corrected chi connectivity index (χ4v) is 1.03. The van der Waals surface area contributed by atoms with Crippen molar-refractivity contribution < 1.29 is 8.78 Å². The summed E-state index contributed by atoms with van der Waals surface area (Å²) in [6.07, 6.45) is 0.00983. The van der Waals surface area contributed by atoms with E-state index in [0.29, 0.717) is 6.42 Å². The second-order valence-electron chi connectivity index (χ2n) is 2.60. The zero-order valence-corrected chi connectivity index (χ0v) is 7.19. The van der Waals surface area contributed by atoms with Gasteiger partial charge >= 0.3 is 5.38 Å². The van der Waals surface area contributed by atoms with E-state index < -0.39 is 5.38 Å². The Balaban J connectivity index is 2.44. The van der Waals surface area contributed by atoms with Crippen LogP contribution in [0.15, 0.2) is 30.3 Å². The molecule has 1 aromatic rings. The van der Waals surface area contributed by atoms with E-state index in [2.05, 4.69) is 0 Å². The fourth-order valence-electron chi connectivity index (χ4n) is 0.931. The highest BCUT2D eigenvalue weighted by molar-refractivity contribution is 6.21. The molecule has 0 bridgehead atoms. The molecule has 0 fully saturated rings. The van der Waals surface area contributed by atoms with E-state index in [-0.39, 0.29) is 6.42 Å². The van der Waals surface area contributed by atoms with Crippen molar-refractivity contribution in [3.63, 3.8) is 0 Å². The van der Waals surface area contributed by atoms with Crippen LogP contribution in [0.2, 0.25) is 0 Å². The highest BCUT2D eigenvalue weighted by Gasteiger charge is 2.23. The molecule has 0 aliphatic heterocycles. The van der Waals surface area contributed by atoms with Crippen LogP contribution in [-0.4, -0.2) is 5.38 Å². The van der Waals surface area contributed by atoms with Gasteiger partial charge in [0.2, 0.25) is 0 Å². The van der Waals surface area contributed by atoms with Crippen LogP contribution in [0, 0.1) is 0 Å². The monoisotopic (exact) mass is 190 g/mol. The van der Waals surface area contributed by atoms with Gasteiger partial charge in [-0.2, -0.15) is 8.78 Å². The zero-order chi connectivity index (χ0) is 9.03. The molecule has 66 valence electrons. The lowest BCUT2D eigenvalue weighted by Gasteiger charge is -2.06. The molecular weight excluding hydrogens is 182 g/mol. The van der Waals surface area contributed by atoms with Gasteiger partial charge in [-0.1, -0.05) is 30.3 Å². The third-order valence-corrected chi connectivity index (χ3v) is 1.73. The van der Waals surface area contributed by atoms with Gasteiger partial charge in [-0.25, -0.2) is 0 Å². The van der Waals surface area contributed by atoms with Crippen molar-refractivity contribution in [3.8, 4) is 0 Å². The minimum absolute atomic E-state index is 0.307. The van der Waals surface area contributed by atoms with Gasteiger partial charge < -0.3 is 0 Å². The third-order valence-electron chi connectivity index (χ3n) is 1.54. The van der Waals surface area contributed by atoms with Gasteiger partial charge in [-0.3, -0.25) is 0 Å². The molecule has 0 aliphatic carbocycles. The molecule has 0 atom stereocenters. The number of hydrogen-bond acceptors (Lipinski definition) is 0. The normalized spacial score (nSPS) is 11.6. The van der Waals surface area contributed by atoms with Crippen molar-refractivity contribution in [1.82, 2.24) is 0 Å². The summed E-state index contributed by atoms with van der Waals surface area (Å²) in [4.78, 5) is 0. The Morgan fingerprint density at radius 1 is 1.17 bits per heavy atom. The lowest BCUT2D eigenvalue weighted by molar-refractivity contribution is 0.0865. The Bertz CT molecular complexity index is 228. The van der Waals surface area contributed by atoms with E-state index in [9.17, 15) is 8.78 Å². The van der Waals surface area contributed by atoms with Crippen molar-refractivity contribution in [2.24, 2.45) is 0 Å². The van der Waals surface area contributed by atoms with Gasteiger partial charge in [0.1, 0.15) is 0 Å². The highest BCUT2D eigenvalue weighted by atomic mass is 35.5. The van der Waals surface area contributed by atoms with E-state index in [1.807, 2.05) is 30.3 Å². The standard InChI is InChI=1S/C9H9ClF2/c10-9(11,12)7-6-8-4-2-1-3-5-8/h1-5H,6-7H2. The Kier molecular flexibility index (Phi) is 3.04. The number of rotatable bonds is 3. The molecule has 0 radical (unpaired) electrons. The first-order valence-electron chi connectivity index (χ1n) is 3.68. The molecule has 0 aliphatic rings. The summed E-state index contributed by atoms with van der Waals surface area (Å²) < 4.78 is 24.3. The lowest BCUT2D eigenvalue weighted by Crippen LogP contribution is -2.06. The van der Waals surface area contributed by atoms with Crippen LogP contribution in [0.3, 0.4) is 0 Å². The molecule has 0 amide bonds. The molecule has 12 heavy (non-hydrogen) atoms. The van der Waals surface area contributed by atoms with Gasteiger partial charge in [0.15, 0.2) is 0 Å². The SMILES string of the molecule is FC(F)(Cl)CCc1ccccc1. The quantitative estimate of drug-likeness (QED) is 0.641. The predicted molar refractivity (Wildman–Crippen MR) is 45.6 cm³/mol. The molecular formula is C9H9ClF2. The summed E-state index contributed by atoms with van der Waals surface area (Å²) >= 11 is 4.75. The fraction of sp³-hybridized carbons (Fsp3) is 0.333. The summed E-state index contributed by atoms with van der Waals surface area (Å²) in [5.41, 5.74) is 0.887. The molecule has 0 aromatic heterocycles.